The molecule has 107 valence electrons. The number of carbonyl (C=O) groups is 2. The van der Waals surface area contributed by atoms with Gasteiger partial charge in [0.25, 0.3) is 0 Å². The molecule has 2 rings (SSSR count). The van der Waals surface area contributed by atoms with Crippen LogP contribution in [0, 0.1) is 6.42 Å². The Morgan fingerprint density at radius 2 is 1.45 bits per heavy atom. The van der Waals surface area contributed by atoms with Gasteiger partial charge >= 0.3 is 0 Å². The van der Waals surface area contributed by atoms with Crippen LogP contribution in [0.1, 0.15) is 13.8 Å². The molecule has 3 nitrogen and oxygen atoms in total. The summed E-state index contributed by atoms with van der Waals surface area (Å²) >= 11 is 0. The number of benzene rings is 1. The third kappa shape index (κ3) is 7.62. The fraction of sp³-hybridized carbons (Fsp3) is 0.125. The van der Waals surface area contributed by atoms with Gasteiger partial charge in [0.05, 0.1) is 5.69 Å². The molecule has 0 aliphatic heterocycles. The Morgan fingerprint density at radius 3 is 1.85 bits per heavy atom. The minimum Gasteiger partial charge on any atom is -0.334 e. The van der Waals surface area contributed by atoms with Crippen molar-refractivity contribution in [2.45, 2.75) is 13.8 Å². The van der Waals surface area contributed by atoms with Gasteiger partial charge in [0, 0.05) is 43.4 Å². The van der Waals surface area contributed by atoms with Crippen LogP contribution in [0.25, 0.3) is 11.3 Å². The molecule has 0 atom stereocenters. The number of hydrogen-bond donors (Lipinski definition) is 0. The smallest absolute Gasteiger partial charge is 0.0701 e. The van der Waals surface area contributed by atoms with Crippen LogP contribution >= 0.6 is 0 Å². The molecule has 0 aliphatic carbocycles. The number of nitrogens with zero attached hydrogens (tertiary/aromatic N) is 1. The van der Waals surface area contributed by atoms with E-state index >= 15 is 0 Å². The number of rotatable bonds is 3. The van der Waals surface area contributed by atoms with Crippen molar-refractivity contribution in [3.8, 4) is 11.3 Å². The van der Waals surface area contributed by atoms with Crippen LogP contribution in [-0.4, -0.2) is 16.6 Å². The SMILES string of the molecule is CC(=O)[CH-]C(C)=O.[Ir].c1ccc(-c2ccccn2)cc1. The number of pyridine rings is 1. The van der Waals surface area contributed by atoms with Crippen LogP contribution < -0.4 is 0 Å². The van der Waals surface area contributed by atoms with E-state index in [-0.39, 0.29) is 31.7 Å². The first-order valence-corrected chi connectivity index (χ1v) is 5.92. The number of hydrogen-bond acceptors (Lipinski definition) is 3. The zero-order valence-electron chi connectivity index (χ0n) is 11.4. The van der Waals surface area contributed by atoms with Crippen LogP contribution in [0.4, 0.5) is 0 Å². The molecular weight excluding hydrogens is 430 g/mol. The zero-order valence-corrected chi connectivity index (χ0v) is 13.8. The monoisotopic (exact) mass is 447 g/mol. The summed E-state index contributed by atoms with van der Waals surface area (Å²) < 4.78 is 0. The molecule has 2 aromatic rings. The number of Topliss-reactive ketones (excluding diaryl/α,β-unsaturated/α-hetero) is 2. The van der Waals surface area contributed by atoms with Crippen molar-refractivity contribution in [3.05, 3.63) is 61.1 Å². The van der Waals surface area contributed by atoms with Gasteiger partial charge in [0.2, 0.25) is 0 Å². The first-order chi connectivity index (χ1) is 9.09. The fourth-order valence-corrected chi connectivity index (χ4v) is 1.43. The van der Waals surface area contributed by atoms with Gasteiger partial charge in [-0.3, -0.25) is 11.4 Å². The van der Waals surface area contributed by atoms with E-state index in [4.69, 9.17) is 0 Å². The quantitative estimate of drug-likeness (QED) is 0.538. The van der Waals surface area contributed by atoms with Crippen molar-refractivity contribution in [1.82, 2.24) is 4.98 Å². The molecule has 0 bridgehead atoms. The topological polar surface area (TPSA) is 47.0 Å². The predicted molar refractivity (Wildman–Crippen MR) is 75.3 cm³/mol. The molecule has 0 N–H and O–H groups in total. The minimum absolute atomic E-state index is 0. The zero-order chi connectivity index (χ0) is 14.1. The average Bonchev–Trinajstić information content (AvgIpc) is 2.40. The third-order valence-electron chi connectivity index (χ3n) is 2.14. The molecule has 1 aromatic carbocycles. The van der Waals surface area contributed by atoms with Crippen LogP contribution in [0.15, 0.2) is 54.7 Å². The van der Waals surface area contributed by atoms with Gasteiger partial charge in [0.1, 0.15) is 0 Å². The van der Waals surface area contributed by atoms with Gasteiger partial charge in [-0.25, -0.2) is 0 Å². The summed E-state index contributed by atoms with van der Waals surface area (Å²) in [4.78, 5) is 24.2. The Balaban J connectivity index is 0.000000396. The van der Waals surface area contributed by atoms with Crippen molar-refractivity contribution in [1.29, 1.82) is 0 Å². The van der Waals surface area contributed by atoms with Crippen molar-refractivity contribution < 1.29 is 29.7 Å². The molecule has 0 spiro atoms. The summed E-state index contributed by atoms with van der Waals surface area (Å²) in [5.74, 6) is -0.375. The second kappa shape index (κ2) is 10.1. The molecule has 0 amide bonds. The molecule has 1 aromatic heterocycles. The normalized spacial score (nSPS) is 8.50. The maximum atomic E-state index is 9.98. The summed E-state index contributed by atoms with van der Waals surface area (Å²) in [5, 5.41) is 0. The largest absolute Gasteiger partial charge is 0.334 e. The first kappa shape index (κ1) is 18.2. The molecule has 0 saturated heterocycles. The van der Waals surface area contributed by atoms with E-state index in [1.54, 1.807) is 0 Å². The standard InChI is InChI=1S/C11H9N.C5H7O2.Ir/c1-2-6-10(7-3-1)11-8-4-5-9-12-11;1-4(6)3-5(2)7;/h1-9H;3H,1-2H3;/q;-1;. The molecule has 4 heteroatoms. The molecule has 0 unspecified atom stereocenters. The summed E-state index contributed by atoms with van der Waals surface area (Å²) in [6.07, 6.45) is 2.86. The van der Waals surface area contributed by atoms with E-state index in [0.29, 0.717) is 0 Å². The van der Waals surface area contributed by atoms with Crippen molar-refractivity contribution in [3.63, 3.8) is 0 Å². The van der Waals surface area contributed by atoms with Gasteiger partial charge in [-0.05, 0) is 26.0 Å². The van der Waals surface area contributed by atoms with Gasteiger partial charge in [0.15, 0.2) is 0 Å². The van der Waals surface area contributed by atoms with Crippen LogP contribution in [0.3, 0.4) is 0 Å². The summed E-state index contributed by atoms with van der Waals surface area (Å²) in [5.41, 5.74) is 2.19. The van der Waals surface area contributed by atoms with E-state index in [0.717, 1.165) is 17.7 Å². The molecule has 0 aliphatic rings. The Bertz CT molecular complexity index is 477. The predicted octanol–water partition coefficient (Wildman–Crippen LogP) is 3.11. The molecular formula is C16H16IrNO2-. The van der Waals surface area contributed by atoms with Crippen molar-refractivity contribution >= 4 is 11.6 Å². The Hall–Kier alpha value is -1.77. The molecule has 0 saturated carbocycles. The summed E-state index contributed by atoms with van der Waals surface area (Å²) in [6.45, 7) is 2.70. The summed E-state index contributed by atoms with van der Waals surface area (Å²) in [6, 6.07) is 16.1. The maximum absolute atomic E-state index is 9.98. The number of aromatic nitrogens is 1. The maximum Gasteiger partial charge on any atom is 0.0701 e. The minimum atomic E-state index is -0.187. The van der Waals surface area contributed by atoms with Crippen LogP contribution in [0.2, 0.25) is 0 Å². The molecule has 0 fully saturated rings. The summed E-state index contributed by atoms with van der Waals surface area (Å²) in [7, 11) is 0. The van der Waals surface area contributed by atoms with Crippen molar-refractivity contribution in [2.75, 3.05) is 0 Å². The van der Waals surface area contributed by atoms with Gasteiger partial charge in [-0.2, -0.15) is 0 Å². The van der Waals surface area contributed by atoms with E-state index in [1.807, 2.05) is 42.6 Å². The fourth-order valence-electron chi connectivity index (χ4n) is 1.43. The molecule has 1 radical (unpaired) electrons. The van der Waals surface area contributed by atoms with Crippen LogP contribution in [-0.2, 0) is 29.7 Å². The van der Waals surface area contributed by atoms with Gasteiger partial charge in [-0.15, -0.1) is 0 Å². The Labute approximate surface area is 132 Å². The third-order valence-corrected chi connectivity index (χ3v) is 2.14. The Morgan fingerprint density at radius 1 is 0.900 bits per heavy atom. The first-order valence-electron chi connectivity index (χ1n) is 5.92. The second-order valence-corrected chi connectivity index (χ2v) is 3.95. The van der Waals surface area contributed by atoms with E-state index in [1.165, 1.54) is 13.8 Å². The second-order valence-electron chi connectivity index (χ2n) is 3.95. The number of ketones is 2. The van der Waals surface area contributed by atoms with Crippen LogP contribution in [0.5, 0.6) is 0 Å². The van der Waals surface area contributed by atoms with E-state index < -0.39 is 0 Å². The van der Waals surface area contributed by atoms with Crippen molar-refractivity contribution in [2.24, 2.45) is 0 Å². The van der Waals surface area contributed by atoms with Gasteiger partial charge < -0.3 is 9.59 Å². The molecule has 1 heterocycles. The number of carbonyl (C=O) groups excluding carboxylic acids is 2. The average molecular weight is 447 g/mol. The van der Waals surface area contributed by atoms with E-state index in [9.17, 15) is 9.59 Å². The van der Waals surface area contributed by atoms with Gasteiger partial charge in [-0.1, -0.05) is 36.4 Å². The van der Waals surface area contributed by atoms with E-state index in [2.05, 4.69) is 17.1 Å². The Kier molecular flexibility index (Phi) is 9.18. The molecule has 20 heavy (non-hydrogen) atoms.